The summed E-state index contributed by atoms with van der Waals surface area (Å²) >= 11 is 0. The molecule has 2 heterocycles. The van der Waals surface area contributed by atoms with Crippen molar-refractivity contribution in [3.05, 3.63) is 35.9 Å². The maximum atomic E-state index is 5.69. The van der Waals surface area contributed by atoms with Gasteiger partial charge in [0.25, 0.3) is 0 Å². The van der Waals surface area contributed by atoms with Gasteiger partial charge in [-0.15, -0.1) is 0 Å². The Bertz CT molecular complexity index is 505. The van der Waals surface area contributed by atoms with Gasteiger partial charge in [0.2, 0.25) is 0 Å². The first-order valence-electron chi connectivity index (χ1n) is 9.26. The third-order valence-corrected chi connectivity index (χ3v) is 4.72. The summed E-state index contributed by atoms with van der Waals surface area (Å²) in [5.41, 5.74) is 1.39. The maximum absolute atomic E-state index is 5.69. The molecule has 0 bridgehead atoms. The summed E-state index contributed by atoms with van der Waals surface area (Å²) < 4.78 is 5.69. The number of guanidine groups is 1. The predicted molar refractivity (Wildman–Crippen MR) is 98.2 cm³/mol. The smallest absolute Gasteiger partial charge is 0.194 e. The van der Waals surface area contributed by atoms with Crippen LogP contribution < -0.4 is 5.32 Å². The van der Waals surface area contributed by atoms with Crippen LogP contribution in [-0.2, 0) is 11.3 Å². The van der Waals surface area contributed by atoms with E-state index in [0.29, 0.717) is 6.10 Å². The molecule has 1 N–H and O–H groups in total. The zero-order valence-electron chi connectivity index (χ0n) is 14.8. The van der Waals surface area contributed by atoms with Gasteiger partial charge in [0.1, 0.15) is 0 Å². The summed E-state index contributed by atoms with van der Waals surface area (Å²) in [7, 11) is 0. The van der Waals surface area contributed by atoms with Gasteiger partial charge in [-0.2, -0.15) is 0 Å². The molecule has 5 heteroatoms. The molecule has 1 unspecified atom stereocenters. The summed E-state index contributed by atoms with van der Waals surface area (Å²) in [6.45, 7) is 9.99. The first-order valence-corrected chi connectivity index (χ1v) is 9.26. The van der Waals surface area contributed by atoms with Crippen molar-refractivity contribution >= 4 is 5.96 Å². The number of benzene rings is 1. The van der Waals surface area contributed by atoms with Crippen LogP contribution in [0.4, 0.5) is 0 Å². The number of hydrogen-bond donors (Lipinski definition) is 1. The molecule has 1 aromatic carbocycles. The van der Waals surface area contributed by atoms with Crippen molar-refractivity contribution in [1.29, 1.82) is 0 Å². The van der Waals surface area contributed by atoms with Crippen molar-refractivity contribution < 1.29 is 4.74 Å². The zero-order chi connectivity index (χ0) is 16.6. The van der Waals surface area contributed by atoms with E-state index in [-0.39, 0.29) is 0 Å². The molecule has 0 radical (unpaired) electrons. The lowest BCUT2D eigenvalue weighted by atomic mass is 10.2. The molecule has 5 nitrogen and oxygen atoms in total. The topological polar surface area (TPSA) is 40.1 Å². The number of rotatable bonds is 5. The van der Waals surface area contributed by atoms with Gasteiger partial charge in [-0.05, 0) is 25.3 Å². The van der Waals surface area contributed by atoms with Gasteiger partial charge in [-0.25, -0.2) is 0 Å². The molecule has 1 atom stereocenters. The lowest BCUT2D eigenvalue weighted by molar-refractivity contribution is 0.117. The highest BCUT2D eigenvalue weighted by Crippen LogP contribution is 2.13. The fourth-order valence-electron chi connectivity index (χ4n) is 3.36. The number of nitrogens with zero attached hydrogens (tertiary/aromatic N) is 3. The van der Waals surface area contributed by atoms with Crippen LogP contribution in [0.3, 0.4) is 0 Å². The van der Waals surface area contributed by atoms with Gasteiger partial charge in [-0.3, -0.25) is 9.89 Å². The first kappa shape index (κ1) is 17.2. The molecule has 0 amide bonds. The summed E-state index contributed by atoms with van der Waals surface area (Å²) in [5, 5.41) is 3.44. The Morgan fingerprint density at radius 3 is 2.67 bits per heavy atom. The minimum absolute atomic E-state index is 0.318. The van der Waals surface area contributed by atoms with Crippen LogP contribution in [0.2, 0.25) is 0 Å². The van der Waals surface area contributed by atoms with Crippen LogP contribution in [0.15, 0.2) is 35.3 Å². The SMILES string of the molecule is CCNC(=NCC1CCCO1)N1CCN(Cc2ccccc2)CC1. The second-order valence-electron chi connectivity index (χ2n) is 6.58. The molecule has 3 rings (SSSR count). The average Bonchev–Trinajstić information content (AvgIpc) is 3.14. The predicted octanol–water partition coefficient (Wildman–Crippen LogP) is 1.95. The Balaban J connectivity index is 1.50. The average molecular weight is 330 g/mol. The summed E-state index contributed by atoms with van der Waals surface area (Å²) in [4.78, 5) is 9.73. The number of aliphatic imine (C=N–C) groups is 1. The van der Waals surface area contributed by atoms with Gasteiger partial charge >= 0.3 is 0 Å². The van der Waals surface area contributed by atoms with Crippen molar-refractivity contribution in [1.82, 2.24) is 15.1 Å². The van der Waals surface area contributed by atoms with E-state index in [9.17, 15) is 0 Å². The molecule has 132 valence electrons. The fraction of sp³-hybridized carbons (Fsp3) is 0.632. The molecular weight excluding hydrogens is 300 g/mol. The molecule has 24 heavy (non-hydrogen) atoms. The third kappa shape index (κ3) is 4.95. The van der Waals surface area contributed by atoms with Crippen LogP contribution in [0.5, 0.6) is 0 Å². The summed E-state index contributed by atoms with van der Waals surface area (Å²) in [6, 6.07) is 10.7. The van der Waals surface area contributed by atoms with E-state index in [0.717, 1.165) is 64.8 Å². The van der Waals surface area contributed by atoms with Crippen LogP contribution in [0.25, 0.3) is 0 Å². The molecular formula is C19H30N4O. The Morgan fingerprint density at radius 2 is 2.00 bits per heavy atom. The van der Waals surface area contributed by atoms with Crippen molar-refractivity contribution in [2.45, 2.75) is 32.4 Å². The monoisotopic (exact) mass is 330 g/mol. The van der Waals surface area contributed by atoms with Gasteiger partial charge in [0.15, 0.2) is 5.96 Å². The highest BCUT2D eigenvalue weighted by atomic mass is 16.5. The third-order valence-electron chi connectivity index (χ3n) is 4.72. The Hall–Kier alpha value is -1.59. The minimum Gasteiger partial charge on any atom is -0.376 e. The van der Waals surface area contributed by atoms with E-state index in [1.807, 2.05) is 0 Å². The molecule has 2 aliphatic rings. The lowest BCUT2D eigenvalue weighted by Gasteiger charge is -2.36. The minimum atomic E-state index is 0.318. The lowest BCUT2D eigenvalue weighted by Crippen LogP contribution is -2.52. The second-order valence-corrected chi connectivity index (χ2v) is 6.58. The van der Waals surface area contributed by atoms with Crippen LogP contribution in [0.1, 0.15) is 25.3 Å². The van der Waals surface area contributed by atoms with Crippen LogP contribution in [-0.4, -0.2) is 67.7 Å². The Labute approximate surface area is 145 Å². The van der Waals surface area contributed by atoms with Gasteiger partial charge in [0.05, 0.1) is 12.6 Å². The van der Waals surface area contributed by atoms with Crippen LogP contribution >= 0.6 is 0 Å². The molecule has 1 aromatic rings. The van der Waals surface area contributed by atoms with E-state index >= 15 is 0 Å². The highest BCUT2D eigenvalue weighted by molar-refractivity contribution is 5.80. The van der Waals surface area contributed by atoms with E-state index in [2.05, 4.69) is 52.4 Å². The fourth-order valence-corrected chi connectivity index (χ4v) is 3.36. The van der Waals surface area contributed by atoms with Crippen LogP contribution in [0, 0.1) is 0 Å². The van der Waals surface area contributed by atoms with Gasteiger partial charge in [0, 0.05) is 45.9 Å². The van der Waals surface area contributed by atoms with Gasteiger partial charge in [-0.1, -0.05) is 30.3 Å². The normalized spacial score (nSPS) is 22.8. The maximum Gasteiger partial charge on any atom is 0.194 e. The number of hydrogen-bond acceptors (Lipinski definition) is 3. The highest BCUT2D eigenvalue weighted by Gasteiger charge is 2.21. The summed E-state index contributed by atoms with van der Waals surface area (Å²) in [6.07, 6.45) is 2.64. The van der Waals surface area contributed by atoms with E-state index in [1.165, 1.54) is 12.0 Å². The quantitative estimate of drug-likeness (QED) is 0.662. The molecule has 0 aliphatic carbocycles. The largest absolute Gasteiger partial charge is 0.376 e. The summed E-state index contributed by atoms with van der Waals surface area (Å²) in [5.74, 6) is 1.05. The van der Waals surface area contributed by atoms with E-state index in [4.69, 9.17) is 9.73 Å². The zero-order valence-corrected chi connectivity index (χ0v) is 14.8. The molecule has 2 saturated heterocycles. The molecule has 0 spiro atoms. The molecule has 2 aliphatic heterocycles. The van der Waals surface area contributed by atoms with E-state index in [1.54, 1.807) is 0 Å². The second kappa shape index (κ2) is 9.04. The Morgan fingerprint density at radius 1 is 1.21 bits per heavy atom. The standard InChI is InChI=1S/C19H30N4O/c1-2-20-19(21-15-18-9-6-14-24-18)23-12-10-22(11-13-23)16-17-7-4-3-5-8-17/h3-5,7-8,18H,2,6,9-16H2,1H3,(H,20,21). The number of piperazine rings is 1. The van der Waals surface area contributed by atoms with Crippen molar-refractivity contribution in [3.8, 4) is 0 Å². The first-order chi connectivity index (χ1) is 11.8. The van der Waals surface area contributed by atoms with Crippen molar-refractivity contribution in [3.63, 3.8) is 0 Å². The van der Waals surface area contributed by atoms with E-state index < -0.39 is 0 Å². The molecule has 0 saturated carbocycles. The Kier molecular flexibility index (Phi) is 6.49. The van der Waals surface area contributed by atoms with Crippen molar-refractivity contribution in [2.75, 3.05) is 45.9 Å². The number of nitrogens with one attached hydrogen (secondary N) is 1. The molecule has 2 fully saturated rings. The van der Waals surface area contributed by atoms with Crippen molar-refractivity contribution in [2.24, 2.45) is 4.99 Å². The van der Waals surface area contributed by atoms with Gasteiger partial charge < -0.3 is 15.0 Å². The molecule has 0 aromatic heterocycles. The number of ether oxygens (including phenoxy) is 1.